The van der Waals surface area contributed by atoms with E-state index in [1.807, 2.05) is 24.3 Å². The minimum absolute atomic E-state index is 0.668. The number of imidazole rings is 1. The monoisotopic (exact) mass is 395 g/mol. The van der Waals surface area contributed by atoms with Gasteiger partial charge in [0.1, 0.15) is 5.69 Å². The van der Waals surface area contributed by atoms with Gasteiger partial charge in [0.05, 0.1) is 22.9 Å². The number of aromatic amines is 2. The molecule has 6 aromatic rings. The van der Waals surface area contributed by atoms with E-state index >= 15 is 0 Å². The zero-order valence-corrected chi connectivity index (χ0v) is 15.8. The summed E-state index contributed by atoms with van der Waals surface area (Å²) in [6.07, 6.45) is 7.11. The van der Waals surface area contributed by atoms with Crippen molar-refractivity contribution in [3.8, 4) is 33.9 Å². The topological polar surface area (TPSA) is 96.0 Å². The maximum absolute atomic E-state index is 4.70. The first-order chi connectivity index (χ1) is 14.4. The molecule has 0 atom stereocenters. The summed E-state index contributed by atoms with van der Waals surface area (Å²) < 4.78 is 0. The van der Waals surface area contributed by atoms with Gasteiger partial charge in [-0.2, -0.15) is 16.4 Å². The Bertz CT molecular complexity index is 1450. The summed E-state index contributed by atoms with van der Waals surface area (Å²) in [6.45, 7) is 0. The van der Waals surface area contributed by atoms with E-state index in [1.54, 1.807) is 36.1 Å². The van der Waals surface area contributed by atoms with Gasteiger partial charge in [0.15, 0.2) is 11.5 Å². The van der Waals surface area contributed by atoms with E-state index in [-0.39, 0.29) is 0 Å². The molecule has 6 aromatic heterocycles. The number of hydrogen-bond donors (Lipinski definition) is 2. The molecule has 2 N–H and O–H groups in total. The van der Waals surface area contributed by atoms with Crippen LogP contribution in [0.2, 0.25) is 0 Å². The Kier molecular flexibility index (Phi) is 3.50. The Morgan fingerprint density at radius 1 is 0.966 bits per heavy atom. The fourth-order valence-electron chi connectivity index (χ4n) is 3.45. The average molecular weight is 395 g/mol. The zero-order valence-electron chi connectivity index (χ0n) is 15.0. The Balaban J connectivity index is 1.53. The third-order valence-electron chi connectivity index (χ3n) is 4.85. The molecule has 29 heavy (non-hydrogen) atoms. The minimum Gasteiger partial charge on any atom is -0.335 e. The van der Waals surface area contributed by atoms with Crippen LogP contribution in [-0.4, -0.2) is 35.1 Å². The van der Waals surface area contributed by atoms with E-state index in [0.717, 1.165) is 44.5 Å². The van der Waals surface area contributed by atoms with Crippen LogP contribution in [0.4, 0.5) is 0 Å². The lowest BCUT2D eigenvalue weighted by atomic mass is 10.1. The molecular formula is C21H13N7S. The van der Waals surface area contributed by atoms with Crippen molar-refractivity contribution < 1.29 is 0 Å². The first kappa shape index (κ1) is 16.1. The van der Waals surface area contributed by atoms with Gasteiger partial charge in [-0.15, -0.1) is 0 Å². The SMILES string of the molecule is c1cncc(-c2cc3c(-c4nc5nccc(-c6ccsc6)c5[nH]4)n[nH]c3cn2)c1. The predicted octanol–water partition coefficient (Wildman–Crippen LogP) is 4.69. The van der Waals surface area contributed by atoms with Gasteiger partial charge < -0.3 is 4.98 Å². The van der Waals surface area contributed by atoms with Gasteiger partial charge in [-0.3, -0.25) is 15.1 Å². The number of rotatable bonds is 3. The fraction of sp³-hybridized carbons (Fsp3) is 0. The smallest absolute Gasteiger partial charge is 0.178 e. The fourth-order valence-corrected chi connectivity index (χ4v) is 4.11. The molecule has 8 heteroatoms. The van der Waals surface area contributed by atoms with Crippen molar-refractivity contribution in [3.63, 3.8) is 0 Å². The molecule has 0 bridgehead atoms. The van der Waals surface area contributed by atoms with Crippen LogP contribution in [0.5, 0.6) is 0 Å². The van der Waals surface area contributed by atoms with Gasteiger partial charge in [-0.25, -0.2) is 9.97 Å². The third-order valence-corrected chi connectivity index (χ3v) is 5.54. The van der Waals surface area contributed by atoms with Crippen molar-refractivity contribution in [3.05, 3.63) is 65.9 Å². The summed E-state index contributed by atoms with van der Waals surface area (Å²) in [5.74, 6) is 0.671. The van der Waals surface area contributed by atoms with Crippen LogP contribution in [0.25, 0.3) is 56.0 Å². The number of nitrogens with one attached hydrogen (secondary N) is 2. The van der Waals surface area contributed by atoms with Crippen molar-refractivity contribution in [1.82, 2.24) is 35.1 Å². The molecule has 0 amide bonds. The molecule has 0 unspecified atom stereocenters. The molecule has 0 saturated carbocycles. The van der Waals surface area contributed by atoms with Gasteiger partial charge in [0.2, 0.25) is 0 Å². The minimum atomic E-state index is 0.668. The first-order valence-corrected chi connectivity index (χ1v) is 9.93. The van der Waals surface area contributed by atoms with Crippen LogP contribution in [0.3, 0.4) is 0 Å². The highest BCUT2D eigenvalue weighted by Gasteiger charge is 2.16. The van der Waals surface area contributed by atoms with Crippen molar-refractivity contribution in [2.75, 3.05) is 0 Å². The van der Waals surface area contributed by atoms with Gasteiger partial charge in [0, 0.05) is 35.1 Å². The standard InChI is InChI=1S/C21H13N7S/c1-2-12(9-22-5-1)16-8-15-17(10-24-16)27-28-19(15)21-25-18-14(13-4-7-29-11-13)3-6-23-20(18)26-21/h1-11H,(H,27,28)(H,23,25,26). The van der Waals surface area contributed by atoms with E-state index < -0.39 is 0 Å². The zero-order chi connectivity index (χ0) is 19.2. The molecule has 0 aliphatic heterocycles. The van der Waals surface area contributed by atoms with Gasteiger partial charge in [-0.05, 0) is 46.7 Å². The van der Waals surface area contributed by atoms with Crippen molar-refractivity contribution in [2.24, 2.45) is 0 Å². The quantitative estimate of drug-likeness (QED) is 0.453. The largest absolute Gasteiger partial charge is 0.335 e. The number of hydrogen-bond acceptors (Lipinski definition) is 6. The third kappa shape index (κ3) is 2.61. The molecule has 0 aliphatic rings. The molecule has 0 radical (unpaired) electrons. The second-order valence-corrected chi connectivity index (χ2v) is 7.36. The lowest BCUT2D eigenvalue weighted by molar-refractivity contribution is 1.10. The maximum Gasteiger partial charge on any atom is 0.178 e. The van der Waals surface area contributed by atoms with Crippen molar-refractivity contribution in [2.45, 2.75) is 0 Å². The van der Waals surface area contributed by atoms with Gasteiger partial charge in [-0.1, -0.05) is 0 Å². The number of H-pyrrole nitrogens is 2. The molecule has 6 rings (SSSR count). The highest BCUT2D eigenvalue weighted by atomic mass is 32.1. The number of pyridine rings is 3. The van der Waals surface area contributed by atoms with Crippen LogP contribution in [-0.2, 0) is 0 Å². The van der Waals surface area contributed by atoms with Gasteiger partial charge >= 0.3 is 0 Å². The second kappa shape index (κ2) is 6.32. The van der Waals surface area contributed by atoms with Crippen LogP contribution in [0, 0.1) is 0 Å². The lowest BCUT2D eigenvalue weighted by Crippen LogP contribution is -1.85. The van der Waals surface area contributed by atoms with Crippen LogP contribution in [0.1, 0.15) is 0 Å². The van der Waals surface area contributed by atoms with Crippen LogP contribution < -0.4 is 0 Å². The molecule has 0 aromatic carbocycles. The highest BCUT2D eigenvalue weighted by molar-refractivity contribution is 7.08. The Morgan fingerprint density at radius 3 is 2.83 bits per heavy atom. The van der Waals surface area contributed by atoms with E-state index in [1.165, 1.54) is 0 Å². The van der Waals surface area contributed by atoms with E-state index in [2.05, 4.69) is 47.0 Å². The molecule has 6 heterocycles. The van der Waals surface area contributed by atoms with Gasteiger partial charge in [0.25, 0.3) is 0 Å². The molecule has 0 fully saturated rings. The highest BCUT2D eigenvalue weighted by Crippen LogP contribution is 2.32. The molecule has 0 spiro atoms. The number of fused-ring (bicyclic) bond motifs is 2. The molecule has 0 saturated heterocycles. The average Bonchev–Trinajstić information content (AvgIpc) is 3.52. The number of aromatic nitrogens is 7. The predicted molar refractivity (Wildman–Crippen MR) is 113 cm³/mol. The summed E-state index contributed by atoms with van der Waals surface area (Å²) in [5, 5.41) is 12.7. The Hall–Kier alpha value is -3.91. The first-order valence-electron chi connectivity index (χ1n) is 8.99. The molecule has 7 nitrogen and oxygen atoms in total. The van der Waals surface area contributed by atoms with Crippen molar-refractivity contribution >= 4 is 33.4 Å². The number of thiophene rings is 1. The number of nitrogens with zero attached hydrogens (tertiary/aromatic N) is 5. The summed E-state index contributed by atoms with van der Waals surface area (Å²) in [6, 6.07) is 9.98. The molecular weight excluding hydrogens is 382 g/mol. The summed E-state index contributed by atoms with van der Waals surface area (Å²) in [7, 11) is 0. The van der Waals surface area contributed by atoms with Crippen molar-refractivity contribution in [1.29, 1.82) is 0 Å². The summed E-state index contributed by atoms with van der Waals surface area (Å²) in [4.78, 5) is 21.3. The van der Waals surface area contributed by atoms with E-state index in [9.17, 15) is 0 Å². The van der Waals surface area contributed by atoms with E-state index in [0.29, 0.717) is 11.5 Å². The maximum atomic E-state index is 4.70. The molecule has 138 valence electrons. The Labute approximate surface area is 168 Å². The Morgan fingerprint density at radius 2 is 1.97 bits per heavy atom. The normalized spacial score (nSPS) is 11.4. The lowest BCUT2D eigenvalue weighted by Gasteiger charge is -2.00. The van der Waals surface area contributed by atoms with E-state index in [4.69, 9.17) is 4.98 Å². The second-order valence-electron chi connectivity index (χ2n) is 6.58. The van der Waals surface area contributed by atoms with Crippen LogP contribution >= 0.6 is 11.3 Å². The van der Waals surface area contributed by atoms with Crippen LogP contribution in [0.15, 0.2) is 65.9 Å². The summed E-state index contributed by atoms with van der Waals surface area (Å²) in [5.41, 5.74) is 7.16. The molecule has 0 aliphatic carbocycles. The summed E-state index contributed by atoms with van der Waals surface area (Å²) >= 11 is 1.66.